The number of hydrogen-bond donors (Lipinski definition) is 1. The third-order valence-corrected chi connectivity index (χ3v) is 5.61. The highest BCUT2D eigenvalue weighted by Gasteiger charge is 2.59. The van der Waals surface area contributed by atoms with E-state index in [1.165, 1.54) is 57.8 Å². The Morgan fingerprint density at radius 2 is 1.88 bits per heavy atom. The van der Waals surface area contributed by atoms with Crippen LogP contribution < -0.4 is 5.32 Å². The van der Waals surface area contributed by atoms with Gasteiger partial charge in [0.2, 0.25) is 0 Å². The maximum atomic E-state index is 3.75. The highest BCUT2D eigenvalue weighted by atomic mass is 15.0. The summed E-state index contributed by atoms with van der Waals surface area (Å²) in [5, 5.41) is 3.75. The van der Waals surface area contributed by atoms with Crippen molar-refractivity contribution in [2.75, 3.05) is 7.05 Å². The monoisotopic (exact) mass is 237 g/mol. The Kier molecular flexibility index (Phi) is 4.52. The predicted molar refractivity (Wildman–Crippen MR) is 75.2 cm³/mol. The second kappa shape index (κ2) is 5.73. The molecule has 0 aromatic heterocycles. The lowest BCUT2D eigenvalue weighted by Gasteiger charge is -2.33. The van der Waals surface area contributed by atoms with Crippen LogP contribution >= 0.6 is 0 Å². The van der Waals surface area contributed by atoms with Crippen LogP contribution in [0.4, 0.5) is 0 Å². The van der Waals surface area contributed by atoms with Gasteiger partial charge in [0, 0.05) is 5.54 Å². The van der Waals surface area contributed by atoms with Gasteiger partial charge in [0.05, 0.1) is 0 Å². The van der Waals surface area contributed by atoms with Gasteiger partial charge in [-0.3, -0.25) is 0 Å². The summed E-state index contributed by atoms with van der Waals surface area (Å²) >= 11 is 0. The molecule has 1 N–H and O–H groups in total. The van der Waals surface area contributed by atoms with Crippen LogP contribution in [0.1, 0.15) is 71.6 Å². The van der Waals surface area contributed by atoms with Gasteiger partial charge in [0.15, 0.2) is 0 Å². The van der Waals surface area contributed by atoms with E-state index in [1.54, 1.807) is 0 Å². The van der Waals surface area contributed by atoms with Crippen molar-refractivity contribution in [3.8, 4) is 0 Å². The molecule has 0 radical (unpaired) electrons. The Hall–Kier alpha value is -0.0400. The fourth-order valence-electron chi connectivity index (χ4n) is 4.53. The molecule has 100 valence electrons. The molecule has 2 fully saturated rings. The van der Waals surface area contributed by atoms with Gasteiger partial charge in [-0.1, -0.05) is 52.4 Å². The molecule has 0 amide bonds. The second-order valence-corrected chi connectivity index (χ2v) is 6.39. The normalized spacial score (nSPS) is 35.8. The Morgan fingerprint density at radius 3 is 2.41 bits per heavy atom. The van der Waals surface area contributed by atoms with Crippen LogP contribution in [0.5, 0.6) is 0 Å². The summed E-state index contributed by atoms with van der Waals surface area (Å²) in [6.07, 6.45) is 13.1. The van der Waals surface area contributed by atoms with E-state index in [4.69, 9.17) is 0 Å². The first kappa shape index (κ1) is 13.4. The van der Waals surface area contributed by atoms with Crippen molar-refractivity contribution < 1.29 is 0 Å². The first-order chi connectivity index (χ1) is 8.28. The Labute approximate surface area is 108 Å². The SMILES string of the molecule is CCCC(CC)C1CC1(NC)C1CCCCC1. The lowest BCUT2D eigenvalue weighted by molar-refractivity contribution is 0.222. The molecule has 1 nitrogen and oxygen atoms in total. The van der Waals surface area contributed by atoms with Crippen LogP contribution in [0, 0.1) is 17.8 Å². The fraction of sp³-hybridized carbons (Fsp3) is 1.00. The zero-order chi connectivity index (χ0) is 12.3. The maximum absolute atomic E-state index is 3.75. The number of hydrogen-bond acceptors (Lipinski definition) is 1. The van der Waals surface area contributed by atoms with Crippen LogP contribution in [0.3, 0.4) is 0 Å². The zero-order valence-corrected chi connectivity index (χ0v) is 12.1. The van der Waals surface area contributed by atoms with Crippen molar-refractivity contribution in [2.24, 2.45) is 17.8 Å². The van der Waals surface area contributed by atoms with Gasteiger partial charge in [0.25, 0.3) is 0 Å². The summed E-state index contributed by atoms with van der Waals surface area (Å²) in [5.41, 5.74) is 0.552. The van der Waals surface area contributed by atoms with Crippen molar-refractivity contribution in [3.63, 3.8) is 0 Å². The summed E-state index contributed by atoms with van der Waals surface area (Å²) in [5.74, 6) is 2.95. The van der Waals surface area contributed by atoms with Crippen LogP contribution in [0.15, 0.2) is 0 Å². The van der Waals surface area contributed by atoms with Crippen LogP contribution in [-0.4, -0.2) is 12.6 Å². The highest BCUT2D eigenvalue weighted by Crippen LogP contribution is 2.57. The lowest BCUT2D eigenvalue weighted by Crippen LogP contribution is -2.40. The van der Waals surface area contributed by atoms with E-state index >= 15 is 0 Å². The van der Waals surface area contributed by atoms with Gasteiger partial charge in [0.1, 0.15) is 0 Å². The Bertz CT molecular complexity index is 232. The average Bonchev–Trinajstić information content (AvgIpc) is 3.13. The first-order valence-electron chi connectivity index (χ1n) is 7.97. The molecule has 0 aromatic rings. The van der Waals surface area contributed by atoms with Gasteiger partial charge < -0.3 is 5.32 Å². The van der Waals surface area contributed by atoms with Crippen molar-refractivity contribution in [3.05, 3.63) is 0 Å². The second-order valence-electron chi connectivity index (χ2n) is 6.39. The smallest absolute Gasteiger partial charge is 0.0241 e. The van der Waals surface area contributed by atoms with Gasteiger partial charge in [-0.2, -0.15) is 0 Å². The minimum Gasteiger partial charge on any atom is -0.314 e. The van der Waals surface area contributed by atoms with Crippen molar-refractivity contribution in [1.29, 1.82) is 0 Å². The van der Waals surface area contributed by atoms with E-state index in [2.05, 4.69) is 26.2 Å². The van der Waals surface area contributed by atoms with Crippen molar-refractivity contribution in [2.45, 2.75) is 77.2 Å². The lowest BCUT2D eigenvalue weighted by atomic mass is 9.79. The predicted octanol–water partition coefficient (Wildman–Crippen LogP) is 4.37. The third-order valence-electron chi connectivity index (χ3n) is 5.61. The molecule has 0 heterocycles. The van der Waals surface area contributed by atoms with Gasteiger partial charge in [-0.05, 0) is 44.1 Å². The molecule has 0 bridgehead atoms. The number of rotatable bonds is 6. The minimum atomic E-state index is 0.552. The standard InChI is InChI=1S/C16H31N/c1-4-9-13(5-2)15-12-16(15,17-3)14-10-7-6-8-11-14/h13-15,17H,4-12H2,1-3H3. The summed E-state index contributed by atoms with van der Waals surface area (Å²) < 4.78 is 0. The summed E-state index contributed by atoms with van der Waals surface area (Å²) in [6, 6.07) is 0. The summed E-state index contributed by atoms with van der Waals surface area (Å²) in [6.45, 7) is 4.73. The molecule has 0 aromatic carbocycles. The molecule has 0 saturated heterocycles. The minimum absolute atomic E-state index is 0.552. The van der Waals surface area contributed by atoms with Crippen molar-refractivity contribution in [1.82, 2.24) is 5.32 Å². The van der Waals surface area contributed by atoms with E-state index in [9.17, 15) is 0 Å². The molecule has 3 atom stereocenters. The highest BCUT2D eigenvalue weighted by molar-refractivity contribution is 5.15. The average molecular weight is 237 g/mol. The molecule has 0 spiro atoms. The van der Waals surface area contributed by atoms with Crippen LogP contribution in [-0.2, 0) is 0 Å². The molecular weight excluding hydrogens is 206 g/mol. The van der Waals surface area contributed by atoms with E-state index in [-0.39, 0.29) is 0 Å². The van der Waals surface area contributed by atoms with E-state index in [0.29, 0.717) is 5.54 Å². The molecule has 17 heavy (non-hydrogen) atoms. The van der Waals surface area contributed by atoms with Gasteiger partial charge in [-0.15, -0.1) is 0 Å². The zero-order valence-electron chi connectivity index (χ0n) is 12.1. The van der Waals surface area contributed by atoms with Gasteiger partial charge in [-0.25, -0.2) is 0 Å². The largest absolute Gasteiger partial charge is 0.314 e. The summed E-state index contributed by atoms with van der Waals surface area (Å²) in [7, 11) is 2.22. The Balaban J connectivity index is 1.97. The fourth-order valence-corrected chi connectivity index (χ4v) is 4.53. The third kappa shape index (κ3) is 2.54. The molecule has 0 aliphatic heterocycles. The maximum Gasteiger partial charge on any atom is 0.0241 e. The van der Waals surface area contributed by atoms with Crippen LogP contribution in [0.2, 0.25) is 0 Å². The van der Waals surface area contributed by atoms with Crippen molar-refractivity contribution >= 4 is 0 Å². The summed E-state index contributed by atoms with van der Waals surface area (Å²) in [4.78, 5) is 0. The molecule has 2 aliphatic carbocycles. The molecule has 2 rings (SSSR count). The molecule has 1 heteroatoms. The molecule has 3 unspecified atom stereocenters. The Morgan fingerprint density at radius 1 is 1.18 bits per heavy atom. The quantitative estimate of drug-likeness (QED) is 0.723. The first-order valence-corrected chi connectivity index (χ1v) is 7.97. The molecule has 2 saturated carbocycles. The molecule has 2 aliphatic rings. The molecular formula is C16H31N. The number of nitrogens with one attached hydrogen (secondary N) is 1. The van der Waals surface area contributed by atoms with E-state index in [1.807, 2.05) is 0 Å². The van der Waals surface area contributed by atoms with Crippen LogP contribution in [0.25, 0.3) is 0 Å². The van der Waals surface area contributed by atoms with Gasteiger partial charge >= 0.3 is 0 Å². The van der Waals surface area contributed by atoms with E-state index in [0.717, 1.165) is 17.8 Å². The topological polar surface area (TPSA) is 12.0 Å². The van der Waals surface area contributed by atoms with E-state index < -0.39 is 0 Å².